The van der Waals surface area contributed by atoms with Crippen LogP contribution in [-0.4, -0.2) is 21.5 Å². The molecule has 0 unspecified atom stereocenters. The van der Waals surface area contributed by atoms with E-state index in [1.807, 2.05) is 6.07 Å². The van der Waals surface area contributed by atoms with Crippen LogP contribution < -0.4 is 10.0 Å². The summed E-state index contributed by atoms with van der Waals surface area (Å²) in [7, 11) is -3.40. The lowest BCUT2D eigenvalue weighted by Crippen LogP contribution is -2.41. The monoisotopic (exact) mass is 308 g/mol. The average Bonchev–Trinajstić information content (AvgIpc) is 2.46. The molecule has 0 aromatic heterocycles. The number of hydrogen-bond donors (Lipinski definition) is 2. The zero-order valence-corrected chi connectivity index (χ0v) is 13.4. The Labute approximate surface area is 127 Å². The van der Waals surface area contributed by atoms with E-state index in [9.17, 15) is 8.42 Å². The highest BCUT2D eigenvalue weighted by Gasteiger charge is 2.36. The molecular formula is C16H24N2O2S. The molecule has 21 heavy (non-hydrogen) atoms. The molecule has 0 spiro atoms. The summed E-state index contributed by atoms with van der Waals surface area (Å²) in [5, 5.41) is 3.29. The zero-order valence-electron chi connectivity index (χ0n) is 12.6. The third-order valence-electron chi connectivity index (χ3n) is 5.13. The molecule has 3 rings (SSSR count). The summed E-state index contributed by atoms with van der Waals surface area (Å²) in [5.41, 5.74) is 2.38. The molecule has 0 radical (unpaired) electrons. The molecule has 1 aliphatic carbocycles. The lowest BCUT2D eigenvalue weighted by molar-refractivity contribution is 0.133. The molecule has 1 fully saturated rings. The van der Waals surface area contributed by atoms with Gasteiger partial charge in [0.1, 0.15) is 0 Å². The molecule has 0 atom stereocenters. The van der Waals surface area contributed by atoms with Crippen LogP contribution in [0.1, 0.15) is 44.6 Å². The first kappa shape index (κ1) is 14.9. The van der Waals surface area contributed by atoms with Gasteiger partial charge in [-0.15, -0.1) is 0 Å². The number of benzene rings is 1. The molecule has 0 bridgehead atoms. The summed E-state index contributed by atoms with van der Waals surface area (Å²) >= 11 is 0. The maximum atomic E-state index is 12.5. The number of hydrogen-bond acceptors (Lipinski definition) is 3. The Morgan fingerprint density at radius 2 is 2.10 bits per heavy atom. The van der Waals surface area contributed by atoms with E-state index >= 15 is 0 Å². The zero-order chi connectivity index (χ0) is 14.9. The van der Waals surface area contributed by atoms with Crippen molar-refractivity contribution in [3.05, 3.63) is 23.8 Å². The molecule has 1 aromatic rings. The van der Waals surface area contributed by atoms with Crippen LogP contribution in [0.15, 0.2) is 23.1 Å². The van der Waals surface area contributed by atoms with Crippen LogP contribution in [0, 0.1) is 5.41 Å². The topological polar surface area (TPSA) is 58.2 Å². The number of anilines is 1. The van der Waals surface area contributed by atoms with Crippen LogP contribution in [0.3, 0.4) is 0 Å². The molecule has 2 N–H and O–H groups in total. The molecule has 116 valence electrons. The van der Waals surface area contributed by atoms with Crippen LogP contribution in [0.2, 0.25) is 0 Å². The molecule has 5 heteroatoms. The van der Waals surface area contributed by atoms with Gasteiger partial charge in [-0.05, 0) is 55.2 Å². The van der Waals surface area contributed by atoms with E-state index in [-0.39, 0.29) is 5.41 Å². The maximum Gasteiger partial charge on any atom is 0.240 e. The summed E-state index contributed by atoms with van der Waals surface area (Å²) in [6, 6.07) is 5.44. The average molecular weight is 308 g/mol. The standard InChI is InChI=1S/C16H24N2O2S/c1-2-16(8-4-9-16)12-18-21(19,20)14-7-6-13-5-3-10-17-15(13)11-14/h6-7,11,17-18H,2-5,8-10,12H2,1H3. The number of rotatable bonds is 5. The highest BCUT2D eigenvalue weighted by Crippen LogP contribution is 2.43. The molecule has 2 aliphatic rings. The van der Waals surface area contributed by atoms with E-state index < -0.39 is 10.0 Å². The van der Waals surface area contributed by atoms with Crippen LogP contribution in [0.25, 0.3) is 0 Å². The van der Waals surface area contributed by atoms with Crippen molar-refractivity contribution < 1.29 is 8.42 Å². The first-order chi connectivity index (χ1) is 10.0. The third-order valence-corrected chi connectivity index (χ3v) is 6.53. The van der Waals surface area contributed by atoms with Gasteiger partial charge in [0.15, 0.2) is 0 Å². The van der Waals surface area contributed by atoms with E-state index in [2.05, 4.69) is 17.0 Å². The fourth-order valence-electron chi connectivity index (χ4n) is 3.27. The fraction of sp³-hybridized carbons (Fsp3) is 0.625. The molecule has 1 aromatic carbocycles. The molecular weight excluding hydrogens is 284 g/mol. The Bertz CT molecular complexity index is 616. The van der Waals surface area contributed by atoms with Gasteiger partial charge in [0.05, 0.1) is 4.90 Å². The van der Waals surface area contributed by atoms with Gasteiger partial charge in [-0.2, -0.15) is 0 Å². The summed E-state index contributed by atoms with van der Waals surface area (Å²) in [6.07, 6.45) is 6.67. The van der Waals surface area contributed by atoms with E-state index in [1.54, 1.807) is 12.1 Å². The van der Waals surface area contributed by atoms with Crippen molar-refractivity contribution in [2.75, 3.05) is 18.4 Å². The van der Waals surface area contributed by atoms with Crippen LogP contribution in [-0.2, 0) is 16.4 Å². The van der Waals surface area contributed by atoms with Crippen molar-refractivity contribution in [3.63, 3.8) is 0 Å². The number of aryl methyl sites for hydroxylation is 1. The Kier molecular flexibility index (Phi) is 3.97. The third kappa shape index (κ3) is 2.94. The largest absolute Gasteiger partial charge is 0.385 e. The minimum Gasteiger partial charge on any atom is -0.385 e. The van der Waals surface area contributed by atoms with Crippen LogP contribution in [0.5, 0.6) is 0 Å². The number of fused-ring (bicyclic) bond motifs is 1. The molecule has 1 heterocycles. The maximum absolute atomic E-state index is 12.5. The van der Waals surface area contributed by atoms with Crippen molar-refractivity contribution in [1.82, 2.24) is 4.72 Å². The van der Waals surface area contributed by atoms with Crippen molar-refractivity contribution in [1.29, 1.82) is 0 Å². The molecule has 1 saturated carbocycles. The van der Waals surface area contributed by atoms with E-state index in [0.717, 1.165) is 44.3 Å². The normalized spacial score (nSPS) is 20.2. The predicted octanol–water partition coefficient (Wildman–Crippen LogP) is 2.90. The van der Waals surface area contributed by atoms with Crippen molar-refractivity contribution in [3.8, 4) is 0 Å². The predicted molar refractivity (Wildman–Crippen MR) is 85.0 cm³/mol. The quantitative estimate of drug-likeness (QED) is 0.879. The van der Waals surface area contributed by atoms with Crippen molar-refractivity contribution in [2.24, 2.45) is 5.41 Å². The number of nitrogens with one attached hydrogen (secondary N) is 2. The van der Waals surface area contributed by atoms with E-state index in [1.165, 1.54) is 12.0 Å². The minimum absolute atomic E-state index is 0.194. The van der Waals surface area contributed by atoms with E-state index in [0.29, 0.717) is 11.4 Å². The van der Waals surface area contributed by atoms with Crippen molar-refractivity contribution >= 4 is 15.7 Å². The Morgan fingerprint density at radius 3 is 2.76 bits per heavy atom. The second-order valence-electron chi connectivity index (χ2n) is 6.38. The smallest absolute Gasteiger partial charge is 0.240 e. The first-order valence-corrected chi connectivity index (χ1v) is 9.39. The van der Waals surface area contributed by atoms with Crippen LogP contribution >= 0.6 is 0 Å². The van der Waals surface area contributed by atoms with E-state index in [4.69, 9.17) is 0 Å². The van der Waals surface area contributed by atoms with Gasteiger partial charge in [0, 0.05) is 18.8 Å². The minimum atomic E-state index is -3.40. The van der Waals surface area contributed by atoms with Crippen LogP contribution in [0.4, 0.5) is 5.69 Å². The second-order valence-corrected chi connectivity index (χ2v) is 8.15. The SMILES string of the molecule is CCC1(CNS(=O)(=O)c2ccc3c(c2)NCCC3)CCC1. The highest BCUT2D eigenvalue weighted by atomic mass is 32.2. The first-order valence-electron chi connectivity index (χ1n) is 7.91. The van der Waals surface area contributed by atoms with Gasteiger partial charge in [0.25, 0.3) is 0 Å². The molecule has 0 amide bonds. The highest BCUT2D eigenvalue weighted by molar-refractivity contribution is 7.89. The van der Waals surface area contributed by atoms with Gasteiger partial charge in [0.2, 0.25) is 10.0 Å². The van der Waals surface area contributed by atoms with Gasteiger partial charge in [-0.3, -0.25) is 0 Å². The lowest BCUT2D eigenvalue weighted by atomic mass is 9.67. The number of sulfonamides is 1. The molecule has 0 saturated heterocycles. The lowest BCUT2D eigenvalue weighted by Gasteiger charge is -2.41. The molecule has 4 nitrogen and oxygen atoms in total. The van der Waals surface area contributed by atoms with Gasteiger partial charge in [-0.25, -0.2) is 13.1 Å². The summed E-state index contributed by atoms with van der Waals surface area (Å²) in [6.45, 7) is 3.63. The summed E-state index contributed by atoms with van der Waals surface area (Å²) < 4.78 is 27.8. The Hall–Kier alpha value is -1.07. The summed E-state index contributed by atoms with van der Waals surface area (Å²) in [5.74, 6) is 0. The Morgan fingerprint density at radius 1 is 1.29 bits per heavy atom. The summed E-state index contributed by atoms with van der Waals surface area (Å²) in [4.78, 5) is 0.376. The molecule has 1 aliphatic heterocycles. The second kappa shape index (κ2) is 5.61. The van der Waals surface area contributed by atoms with Gasteiger partial charge >= 0.3 is 0 Å². The van der Waals surface area contributed by atoms with Gasteiger partial charge < -0.3 is 5.32 Å². The Balaban J connectivity index is 1.75. The fourth-order valence-corrected chi connectivity index (χ4v) is 4.45. The van der Waals surface area contributed by atoms with Crippen molar-refractivity contribution in [2.45, 2.75) is 50.3 Å². The van der Waals surface area contributed by atoms with Gasteiger partial charge in [-0.1, -0.05) is 19.4 Å².